The van der Waals surface area contributed by atoms with Gasteiger partial charge >= 0.3 is 6.03 Å². The fraction of sp³-hybridized carbons (Fsp3) is 0.636. The molecule has 3 aliphatic rings. The van der Waals surface area contributed by atoms with Crippen LogP contribution in [0.15, 0.2) is 24.3 Å². The summed E-state index contributed by atoms with van der Waals surface area (Å²) in [6, 6.07) is 8.08. The number of anilines is 1. The van der Waals surface area contributed by atoms with Gasteiger partial charge in [0.05, 0.1) is 0 Å². The number of amides is 3. The molecule has 3 fully saturated rings. The molecule has 0 unspecified atom stereocenters. The van der Waals surface area contributed by atoms with E-state index in [9.17, 15) is 9.59 Å². The number of nitrogens with one attached hydrogen (secondary N) is 1. The summed E-state index contributed by atoms with van der Waals surface area (Å²) >= 11 is 0. The number of rotatable bonds is 4. The van der Waals surface area contributed by atoms with Crippen molar-refractivity contribution in [1.29, 1.82) is 0 Å². The van der Waals surface area contributed by atoms with Crippen LogP contribution in [0.4, 0.5) is 10.5 Å². The van der Waals surface area contributed by atoms with Crippen molar-refractivity contribution in [3.05, 3.63) is 29.8 Å². The minimum absolute atomic E-state index is 0.0102. The molecule has 1 atom stereocenters. The summed E-state index contributed by atoms with van der Waals surface area (Å²) < 4.78 is 0. The van der Waals surface area contributed by atoms with Crippen LogP contribution in [0.3, 0.4) is 0 Å². The summed E-state index contributed by atoms with van der Waals surface area (Å²) in [4.78, 5) is 29.2. The van der Waals surface area contributed by atoms with Crippen molar-refractivity contribution < 1.29 is 9.59 Å². The molecule has 5 nitrogen and oxygen atoms in total. The Kier molecular flexibility index (Phi) is 5.11. The zero-order valence-corrected chi connectivity index (χ0v) is 16.4. The number of likely N-dealkylation sites (tertiary alicyclic amines) is 2. The van der Waals surface area contributed by atoms with E-state index in [0.717, 1.165) is 63.5 Å². The Hall–Kier alpha value is -2.04. The van der Waals surface area contributed by atoms with Gasteiger partial charge in [0.25, 0.3) is 0 Å². The summed E-state index contributed by atoms with van der Waals surface area (Å²) in [7, 11) is 0. The molecule has 1 N–H and O–H groups in total. The third kappa shape index (κ3) is 4.28. The zero-order valence-electron chi connectivity index (χ0n) is 16.4. The summed E-state index contributed by atoms with van der Waals surface area (Å²) in [5.41, 5.74) is 2.21. The highest BCUT2D eigenvalue weighted by molar-refractivity contribution is 5.89. The van der Waals surface area contributed by atoms with Gasteiger partial charge in [-0.15, -0.1) is 0 Å². The normalized spacial score (nSPS) is 25.7. The fourth-order valence-corrected chi connectivity index (χ4v) is 4.62. The molecule has 1 aromatic carbocycles. The van der Waals surface area contributed by atoms with Gasteiger partial charge in [-0.2, -0.15) is 0 Å². The Morgan fingerprint density at radius 2 is 1.96 bits per heavy atom. The molecule has 0 aromatic heterocycles. The number of piperidine rings is 2. The number of hydrogen-bond donors (Lipinski definition) is 1. The molecule has 0 radical (unpaired) electrons. The highest BCUT2D eigenvalue weighted by atomic mass is 16.2. The predicted molar refractivity (Wildman–Crippen MR) is 107 cm³/mol. The van der Waals surface area contributed by atoms with E-state index in [-0.39, 0.29) is 11.4 Å². The van der Waals surface area contributed by atoms with Crippen LogP contribution < -0.4 is 5.32 Å². The maximum absolute atomic E-state index is 12.8. The van der Waals surface area contributed by atoms with Crippen LogP contribution >= 0.6 is 0 Å². The van der Waals surface area contributed by atoms with Crippen molar-refractivity contribution >= 4 is 17.6 Å². The number of benzene rings is 1. The lowest BCUT2D eigenvalue weighted by atomic mass is 9.73. The maximum Gasteiger partial charge on any atom is 0.321 e. The Labute approximate surface area is 162 Å². The minimum Gasteiger partial charge on any atom is -0.342 e. The van der Waals surface area contributed by atoms with E-state index in [1.165, 1.54) is 18.4 Å². The number of urea groups is 1. The van der Waals surface area contributed by atoms with Gasteiger partial charge in [-0.05, 0) is 62.1 Å². The van der Waals surface area contributed by atoms with Gasteiger partial charge < -0.3 is 15.1 Å². The highest BCUT2D eigenvalue weighted by Crippen LogP contribution is 2.40. The first-order valence-corrected chi connectivity index (χ1v) is 10.5. The molecule has 27 heavy (non-hydrogen) atoms. The smallest absolute Gasteiger partial charge is 0.321 e. The van der Waals surface area contributed by atoms with E-state index < -0.39 is 0 Å². The van der Waals surface area contributed by atoms with Crippen molar-refractivity contribution in [1.82, 2.24) is 9.80 Å². The summed E-state index contributed by atoms with van der Waals surface area (Å²) in [5.74, 6) is 1.03. The molecule has 4 rings (SSSR count). The van der Waals surface area contributed by atoms with Gasteiger partial charge in [-0.1, -0.05) is 19.1 Å². The quantitative estimate of drug-likeness (QED) is 0.875. The van der Waals surface area contributed by atoms with Gasteiger partial charge in [0.15, 0.2) is 0 Å². The summed E-state index contributed by atoms with van der Waals surface area (Å²) in [5, 5.41) is 3.05. The number of aryl methyl sites for hydroxylation is 1. The Balaban J connectivity index is 1.39. The van der Waals surface area contributed by atoms with Gasteiger partial charge in [-0.3, -0.25) is 4.79 Å². The average molecular weight is 370 g/mol. The zero-order chi connectivity index (χ0) is 18.9. The first kappa shape index (κ1) is 18.3. The standard InChI is InChI=1S/C22H31N3O2/c1-2-17-6-8-19(9-7-17)23-21(27)24-13-3-11-22(15-24)12-10-20(26)25(16-22)14-18-4-5-18/h6-9,18H,2-5,10-16H2,1H3,(H,23,27)/t22-/m1/s1. The van der Waals surface area contributed by atoms with E-state index in [1.807, 2.05) is 17.0 Å². The van der Waals surface area contributed by atoms with Crippen LogP contribution in [-0.2, 0) is 11.2 Å². The highest BCUT2D eigenvalue weighted by Gasteiger charge is 2.43. The van der Waals surface area contributed by atoms with E-state index >= 15 is 0 Å². The van der Waals surface area contributed by atoms with Crippen molar-refractivity contribution in [3.63, 3.8) is 0 Å². The molecular weight excluding hydrogens is 338 g/mol. The topological polar surface area (TPSA) is 52.7 Å². The molecular formula is C22H31N3O2. The van der Waals surface area contributed by atoms with Gasteiger partial charge in [-0.25, -0.2) is 4.79 Å². The molecule has 146 valence electrons. The molecule has 1 saturated carbocycles. The molecule has 1 aromatic rings. The minimum atomic E-state index is -0.0102. The van der Waals surface area contributed by atoms with Gasteiger partial charge in [0.2, 0.25) is 5.91 Å². The SMILES string of the molecule is CCc1ccc(NC(=O)N2CCC[C@@]3(CCC(=O)N(CC4CC4)C3)C2)cc1. The first-order chi connectivity index (χ1) is 13.1. The molecule has 2 aliphatic heterocycles. The van der Waals surface area contributed by atoms with Crippen LogP contribution in [0.25, 0.3) is 0 Å². The van der Waals surface area contributed by atoms with Crippen LogP contribution in [-0.4, -0.2) is 47.9 Å². The third-order valence-electron chi connectivity index (χ3n) is 6.49. The molecule has 5 heteroatoms. The monoisotopic (exact) mass is 369 g/mol. The Morgan fingerprint density at radius 3 is 2.67 bits per heavy atom. The van der Waals surface area contributed by atoms with E-state index in [1.54, 1.807) is 0 Å². The summed E-state index contributed by atoms with van der Waals surface area (Å²) in [6.07, 6.45) is 7.23. The first-order valence-electron chi connectivity index (χ1n) is 10.5. The second-order valence-electron chi connectivity index (χ2n) is 8.72. The second kappa shape index (κ2) is 7.53. The maximum atomic E-state index is 12.8. The summed E-state index contributed by atoms with van der Waals surface area (Å²) in [6.45, 7) is 5.45. The molecule has 1 aliphatic carbocycles. The largest absolute Gasteiger partial charge is 0.342 e. The van der Waals surface area contributed by atoms with Crippen LogP contribution in [0.1, 0.15) is 51.0 Å². The van der Waals surface area contributed by atoms with Crippen molar-refractivity contribution in [2.24, 2.45) is 11.3 Å². The Bertz CT molecular complexity index is 698. The molecule has 1 spiro atoms. The lowest BCUT2D eigenvalue weighted by Gasteiger charge is -2.48. The molecule has 2 saturated heterocycles. The van der Waals surface area contributed by atoms with E-state index in [2.05, 4.69) is 29.3 Å². The predicted octanol–water partition coefficient (Wildman–Crippen LogP) is 3.90. The third-order valence-corrected chi connectivity index (χ3v) is 6.49. The Morgan fingerprint density at radius 1 is 1.19 bits per heavy atom. The fourth-order valence-electron chi connectivity index (χ4n) is 4.62. The lowest BCUT2D eigenvalue weighted by molar-refractivity contribution is -0.139. The van der Waals surface area contributed by atoms with Crippen molar-refractivity contribution in [2.45, 2.75) is 51.9 Å². The van der Waals surface area contributed by atoms with Crippen LogP contribution in [0.5, 0.6) is 0 Å². The average Bonchev–Trinajstić information content (AvgIpc) is 3.50. The van der Waals surface area contributed by atoms with Crippen LogP contribution in [0.2, 0.25) is 0 Å². The molecule has 3 amide bonds. The van der Waals surface area contributed by atoms with Crippen molar-refractivity contribution in [3.8, 4) is 0 Å². The lowest BCUT2D eigenvalue weighted by Crippen LogP contribution is -2.56. The van der Waals surface area contributed by atoms with Gasteiger partial charge in [0.1, 0.15) is 0 Å². The second-order valence-corrected chi connectivity index (χ2v) is 8.72. The number of carbonyl (C=O) groups excluding carboxylic acids is 2. The van der Waals surface area contributed by atoms with Crippen molar-refractivity contribution in [2.75, 3.05) is 31.5 Å². The molecule has 0 bridgehead atoms. The molecule has 2 heterocycles. The van der Waals surface area contributed by atoms with E-state index in [4.69, 9.17) is 0 Å². The van der Waals surface area contributed by atoms with Gasteiger partial charge in [0, 0.05) is 43.7 Å². The van der Waals surface area contributed by atoms with E-state index in [0.29, 0.717) is 12.3 Å². The number of hydrogen-bond acceptors (Lipinski definition) is 2. The number of nitrogens with zero attached hydrogens (tertiary/aromatic N) is 2. The van der Waals surface area contributed by atoms with Crippen LogP contribution in [0, 0.1) is 11.3 Å². The number of carbonyl (C=O) groups is 2.